The van der Waals surface area contributed by atoms with Crippen molar-refractivity contribution in [2.24, 2.45) is 0 Å². The standard InChI is InChI=1S/C24H23N3O3/c1-3-18-20(15(2)30-26-18)22(28)27-14-13-24(21(27)16-9-5-4-6-10-16)17-11-7-8-12-19(17)25-23(24)29/h4-12,21H,3,13-14H2,1-2H3,(H,25,29)/t21-,24+/m0/s1. The van der Waals surface area contributed by atoms with Crippen molar-refractivity contribution in [1.29, 1.82) is 0 Å². The van der Waals surface area contributed by atoms with E-state index in [1.165, 1.54) is 0 Å². The fourth-order valence-corrected chi connectivity index (χ4v) is 5.08. The second-order valence-corrected chi connectivity index (χ2v) is 7.95. The first-order chi connectivity index (χ1) is 14.6. The van der Waals surface area contributed by atoms with Gasteiger partial charge in [-0.1, -0.05) is 60.6 Å². The van der Waals surface area contributed by atoms with Crippen molar-refractivity contribution in [1.82, 2.24) is 10.1 Å². The van der Waals surface area contributed by atoms with Crippen LogP contribution < -0.4 is 5.32 Å². The molecule has 2 aliphatic heterocycles. The minimum Gasteiger partial charge on any atom is -0.361 e. The lowest BCUT2D eigenvalue weighted by Crippen LogP contribution is -2.42. The van der Waals surface area contributed by atoms with Crippen LogP contribution in [0.5, 0.6) is 0 Å². The molecule has 3 heterocycles. The number of aromatic nitrogens is 1. The summed E-state index contributed by atoms with van der Waals surface area (Å²) in [5, 5.41) is 7.11. The van der Waals surface area contributed by atoms with Crippen molar-refractivity contribution in [3.8, 4) is 0 Å². The molecule has 1 fully saturated rings. The Morgan fingerprint density at radius 2 is 1.93 bits per heavy atom. The number of benzene rings is 2. The van der Waals surface area contributed by atoms with Crippen molar-refractivity contribution in [2.75, 3.05) is 11.9 Å². The molecule has 0 saturated carbocycles. The van der Waals surface area contributed by atoms with Crippen molar-refractivity contribution >= 4 is 17.5 Å². The molecular weight excluding hydrogens is 378 g/mol. The summed E-state index contributed by atoms with van der Waals surface area (Å²) in [5.41, 5.74) is 3.08. The number of rotatable bonds is 3. The number of para-hydroxylation sites is 1. The topological polar surface area (TPSA) is 75.4 Å². The Labute approximate surface area is 174 Å². The third-order valence-electron chi connectivity index (χ3n) is 6.44. The van der Waals surface area contributed by atoms with E-state index in [0.717, 1.165) is 16.8 Å². The van der Waals surface area contributed by atoms with Gasteiger partial charge in [-0.3, -0.25) is 9.59 Å². The molecule has 1 N–H and O–H groups in total. The molecule has 1 saturated heterocycles. The number of likely N-dealkylation sites (tertiary alicyclic amines) is 1. The first kappa shape index (κ1) is 18.6. The van der Waals surface area contributed by atoms with Crippen LogP contribution >= 0.6 is 0 Å². The fourth-order valence-electron chi connectivity index (χ4n) is 5.08. The van der Waals surface area contributed by atoms with Gasteiger partial charge in [-0.05, 0) is 37.0 Å². The van der Waals surface area contributed by atoms with Crippen LogP contribution in [0.1, 0.15) is 52.3 Å². The highest BCUT2D eigenvalue weighted by molar-refractivity contribution is 6.08. The van der Waals surface area contributed by atoms with Crippen molar-refractivity contribution < 1.29 is 14.1 Å². The lowest BCUT2D eigenvalue weighted by molar-refractivity contribution is -0.121. The molecule has 30 heavy (non-hydrogen) atoms. The molecule has 0 bridgehead atoms. The largest absolute Gasteiger partial charge is 0.361 e. The molecule has 0 unspecified atom stereocenters. The Bertz CT molecular complexity index is 1140. The van der Waals surface area contributed by atoms with Crippen LogP contribution in [0.3, 0.4) is 0 Å². The number of hydrogen-bond acceptors (Lipinski definition) is 4. The first-order valence-electron chi connectivity index (χ1n) is 10.3. The maximum absolute atomic E-state index is 13.7. The Balaban J connectivity index is 1.68. The SMILES string of the molecule is CCc1noc(C)c1C(=O)N1CC[C@]2(C(=O)Nc3ccccc32)[C@@H]1c1ccccc1. The van der Waals surface area contributed by atoms with E-state index in [4.69, 9.17) is 4.52 Å². The maximum Gasteiger partial charge on any atom is 0.259 e. The molecule has 5 rings (SSSR count). The number of amides is 2. The van der Waals surface area contributed by atoms with Crippen LogP contribution in [0, 0.1) is 6.92 Å². The summed E-state index contributed by atoms with van der Waals surface area (Å²) in [5.74, 6) is 0.333. The lowest BCUT2D eigenvalue weighted by Gasteiger charge is -2.34. The first-order valence-corrected chi connectivity index (χ1v) is 10.3. The molecule has 1 aromatic heterocycles. The van der Waals surface area contributed by atoms with Crippen LogP contribution in [0.15, 0.2) is 59.1 Å². The normalized spacial score (nSPS) is 22.4. The number of aryl methyl sites for hydroxylation is 2. The number of fused-ring (bicyclic) bond motifs is 2. The minimum atomic E-state index is -0.814. The van der Waals surface area contributed by atoms with Crippen LogP contribution in [0.2, 0.25) is 0 Å². The van der Waals surface area contributed by atoms with Gasteiger partial charge in [0.1, 0.15) is 16.7 Å². The lowest BCUT2D eigenvalue weighted by atomic mass is 9.72. The van der Waals surface area contributed by atoms with Gasteiger partial charge in [-0.15, -0.1) is 0 Å². The Hall–Kier alpha value is -3.41. The van der Waals surface area contributed by atoms with Gasteiger partial charge in [-0.25, -0.2) is 0 Å². The molecule has 0 aliphatic carbocycles. The van der Waals surface area contributed by atoms with E-state index in [-0.39, 0.29) is 11.8 Å². The third-order valence-corrected chi connectivity index (χ3v) is 6.44. The summed E-state index contributed by atoms with van der Waals surface area (Å²) >= 11 is 0. The number of anilines is 1. The summed E-state index contributed by atoms with van der Waals surface area (Å²) in [7, 11) is 0. The van der Waals surface area contributed by atoms with E-state index in [1.54, 1.807) is 6.92 Å². The Morgan fingerprint density at radius 3 is 2.70 bits per heavy atom. The second-order valence-electron chi connectivity index (χ2n) is 7.95. The predicted molar refractivity (Wildman–Crippen MR) is 112 cm³/mol. The van der Waals surface area contributed by atoms with Gasteiger partial charge in [0.25, 0.3) is 5.91 Å². The highest BCUT2D eigenvalue weighted by Crippen LogP contribution is 2.55. The smallest absolute Gasteiger partial charge is 0.259 e. The molecule has 2 atom stereocenters. The fraction of sp³-hybridized carbons (Fsp3) is 0.292. The van der Waals surface area contributed by atoms with E-state index in [9.17, 15) is 9.59 Å². The van der Waals surface area contributed by atoms with Gasteiger partial charge < -0.3 is 14.7 Å². The average molecular weight is 401 g/mol. The van der Waals surface area contributed by atoms with E-state index < -0.39 is 11.5 Å². The van der Waals surface area contributed by atoms with Gasteiger partial charge in [0.2, 0.25) is 5.91 Å². The zero-order valence-electron chi connectivity index (χ0n) is 17.0. The number of carbonyl (C=O) groups is 2. The third kappa shape index (κ3) is 2.46. The van der Waals surface area contributed by atoms with Crippen LogP contribution in [-0.2, 0) is 16.6 Å². The van der Waals surface area contributed by atoms with Crippen molar-refractivity contribution in [3.05, 3.63) is 82.7 Å². The molecule has 3 aromatic rings. The quantitative estimate of drug-likeness (QED) is 0.719. The molecule has 6 nitrogen and oxygen atoms in total. The summed E-state index contributed by atoms with van der Waals surface area (Å²) in [6, 6.07) is 17.2. The van der Waals surface area contributed by atoms with E-state index >= 15 is 0 Å². The molecule has 152 valence electrons. The number of nitrogens with one attached hydrogen (secondary N) is 1. The summed E-state index contributed by atoms with van der Waals surface area (Å²) in [4.78, 5) is 29.0. The number of nitrogens with zero attached hydrogens (tertiary/aromatic N) is 2. The van der Waals surface area contributed by atoms with Gasteiger partial charge in [0.05, 0.1) is 11.7 Å². The molecule has 2 amide bonds. The average Bonchev–Trinajstić information content (AvgIpc) is 3.43. The number of carbonyl (C=O) groups excluding carboxylic acids is 2. The number of hydrogen-bond donors (Lipinski definition) is 1. The summed E-state index contributed by atoms with van der Waals surface area (Å²) < 4.78 is 5.33. The Morgan fingerprint density at radius 1 is 1.20 bits per heavy atom. The minimum absolute atomic E-state index is 0.0504. The van der Waals surface area contributed by atoms with Gasteiger partial charge in [0.15, 0.2) is 0 Å². The van der Waals surface area contributed by atoms with Crippen molar-refractivity contribution in [3.63, 3.8) is 0 Å². The van der Waals surface area contributed by atoms with Crippen molar-refractivity contribution in [2.45, 2.75) is 38.1 Å². The summed E-state index contributed by atoms with van der Waals surface area (Å²) in [6.45, 7) is 4.20. The zero-order valence-corrected chi connectivity index (χ0v) is 17.0. The maximum atomic E-state index is 13.7. The second kappa shape index (κ2) is 6.83. The van der Waals surface area contributed by atoms with Crippen LogP contribution in [0.4, 0.5) is 5.69 Å². The van der Waals surface area contributed by atoms with Gasteiger partial charge >= 0.3 is 0 Å². The van der Waals surface area contributed by atoms with Crippen LogP contribution in [-0.4, -0.2) is 28.4 Å². The van der Waals surface area contributed by atoms with Crippen LogP contribution in [0.25, 0.3) is 0 Å². The Kier molecular flexibility index (Phi) is 4.24. The summed E-state index contributed by atoms with van der Waals surface area (Å²) in [6.07, 6.45) is 1.17. The molecule has 0 radical (unpaired) electrons. The van der Waals surface area contributed by atoms with Gasteiger partial charge in [-0.2, -0.15) is 0 Å². The molecule has 2 aromatic carbocycles. The highest BCUT2D eigenvalue weighted by Gasteiger charge is 2.59. The molecule has 6 heteroatoms. The van der Waals surface area contributed by atoms with E-state index in [1.807, 2.05) is 66.4 Å². The highest BCUT2D eigenvalue weighted by atomic mass is 16.5. The monoisotopic (exact) mass is 401 g/mol. The van der Waals surface area contributed by atoms with Gasteiger partial charge in [0, 0.05) is 12.2 Å². The van der Waals surface area contributed by atoms with E-state index in [2.05, 4.69) is 10.5 Å². The van der Waals surface area contributed by atoms with E-state index in [0.29, 0.717) is 36.4 Å². The zero-order chi connectivity index (χ0) is 20.9. The molecule has 2 aliphatic rings. The predicted octanol–water partition coefficient (Wildman–Crippen LogP) is 4.02. The molecule has 1 spiro atoms. The molecular formula is C24H23N3O3.